The van der Waals surface area contributed by atoms with Crippen LogP contribution in [0.2, 0.25) is 0 Å². The van der Waals surface area contributed by atoms with Crippen LogP contribution in [0.15, 0.2) is 199 Å². The highest BCUT2D eigenvalue weighted by Gasteiger charge is 2.39. The first kappa shape index (κ1) is 34.3. The van der Waals surface area contributed by atoms with Crippen molar-refractivity contribution in [3.63, 3.8) is 0 Å². The fourth-order valence-electron chi connectivity index (χ4n) is 9.20. The second kappa shape index (κ2) is 13.8. The van der Waals surface area contributed by atoms with E-state index in [4.69, 9.17) is 4.99 Å². The van der Waals surface area contributed by atoms with E-state index in [2.05, 4.69) is 172 Å². The van der Waals surface area contributed by atoms with Crippen LogP contribution in [-0.2, 0) is 5.41 Å². The second-order valence-electron chi connectivity index (χ2n) is 15.5. The Morgan fingerprint density at radius 3 is 1.77 bits per heavy atom. The van der Waals surface area contributed by atoms with E-state index >= 15 is 0 Å². The Labute approximate surface area is 333 Å². The molecular weight excluding hydrogens is 689 g/mol. The summed E-state index contributed by atoms with van der Waals surface area (Å²) in [7, 11) is 0. The molecule has 0 aromatic heterocycles. The van der Waals surface area contributed by atoms with Gasteiger partial charge in [-0.15, -0.1) is 0 Å². The number of rotatable bonds is 7. The molecule has 9 aromatic rings. The van der Waals surface area contributed by atoms with E-state index in [0.29, 0.717) is 5.71 Å². The van der Waals surface area contributed by atoms with Crippen molar-refractivity contribution in [2.24, 2.45) is 4.99 Å². The van der Waals surface area contributed by atoms with E-state index in [1.54, 1.807) is 0 Å². The highest BCUT2D eigenvalue weighted by atomic mass is 14.7. The largest absolute Gasteiger partial charge is 0.300 e. The number of hydrogen-bond donors (Lipinski definition) is 1. The average molecular weight is 729 g/mol. The topological polar surface area (TPSA) is 36.2 Å². The van der Waals surface area contributed by atoms with E-state index < -0.39 is 0 Å². The van der Waals surface area contributed by atoms with E-state index in [9.17, 15) is 5.41 Å². The van der Waals surface area contributed by atoms with Crippen molar-refractivity contribution >= 4 is 49.9 Å². The zero-order valence-electron chi connectivity index (χ0n) is 32.0. The summed E-state index contributed by atoms with van der Waals surface area (Å²) < 4.78 is 0. The molecule has 1 aliphatic rings. The number of nitrogens with one attached hydrogen (secondary N) is 1. The van der Waals surface area contributed by atoms with Gasteiger partial charge in [0, 0.05) is 22.8 Å². The second-order valence-corrected chi connectivity index (χ2v) is 15.5. The molecule has 9 aromatic carbocycles. The third-order valence-electron chi connectivity index (χ3n) is 11.8. The van der Waals surface area contributed by atoms with Gasteiger partial charge in [-0.25, -0.2) is 0 Å². The van der Waals surface area contributed by atoms with Gasteiger partial charge in [0.1, 0.15) is 0 Å². The zero-order chi connectivity index (χ0) is 38.5. The first-order chi connectivity index (χ1) is 28.0. The maximum Gasteiger partial charge on any atom is 0.0729 e. The molecule has 0 atom stereocenters. The molecule has 2 heteroatoms. The predicted octanol–water partition coefficient (Wildman–Crippen LogP) is 14.3. The molecule has 1 aliphatic carbocycles. The smallest absolute Gasteiger partial charge is 0.0729 e. The quantitative estimate of drug-likeness (QED) is 0.159. The van der Waals surface area contributed by atoms with Gasteiger partial charge in [-0.1, -0.05) is 202 Å². The minimum atomic E-state index is -0.191. The van der Waals surface area contributed by atoms with Gasteiger partial charge in [0.15, 0.2) is 0 Å². The van der Waals surface area contributed by atoms with Gasteiger partial charge in [-0.2, -0.15) is 0 Å². The molecule has 0 saturated carbocycles. The Bertz CT molecular complexity index is 3100. The zero-order valence-corrected chi connectivity index (χ0v) is 32.0. The molecule has 0 heterocycles. The van der Waals surface area contributed by atoms with Crippen molar-refractivity contribution in [1.29, 1.82) is 5.41 Å². The van der Waals surface area contributed by atoms with Gasteiger partial charge < -0.3 is 5.41 Å². The molecule has 0 fully saturated rings. The third-order valence-corrected chi connectivity index (χ3v) is 11.8. The predicted molar refractivity (Wildman–Crippen MR) is 243 cm³/mol. The Morgan fingerprint density at radius 2 is 0.965 bits per heavy atom. The van der Waals surface area contributed by atoms with Crippen LogP contribution in [0.3, 0.4) is 0 Å². The number of aliphatic imine (C=N–C) groups is 1. The Balaban J connectivity index is 1.11. The van der Waals surface area contributed by atoms with Crippen molar-refractivity contribution in [3.05, 3.63) is 222 Å². The third kappa shape index (κ3) is 5.81. The van der Waals surface area contributed by atoms with Crippen LogP contribution in [0.4, 0.5) is 0 Å². The molecule has 2 nitrogen and oxygen atoms in total. The van der Waals surface area contributed by atoms with Gasteiger partial charge >= 0.3 is 0 Å². The summed E-state index contributed by atoms with van der Waals surface area (Å²) in [4.78, 5) is 5.28. The summed E-state index contributed by atoms with van der Waals surface area (Å²) >= 11 is 0. The molecule has 0 aliphatic heterocycles. The van der Waals surface area contributed by atoms with Crippen LogP contribution in [0, 0.1) is 5.41 Å². The molecule has 0 radical (unpaired) electrons. The minimum Gasteiger partial charge on any atom is -0.300 e. The van der Waals surface area contributed by atoms with E-state index in [-0.39, 0.29) is 5.41 Å². The van der Waals surface area contributed by atoms with Crippen LogP contribution in [0.25, 0.3) is 71.4 Å². The van der Waals surface area contributed by atoms with Gasteiger partial charge in [-0.05, 0) is 88.5 Å². The maximum atomic E-state index is 9.19. The number of fused-ring (bicyclic) bond motifs is 7. The summed E-state index contributed by atoms with van der Waals surface area (Å²) in [6.07, 6.45) is 3.89. The number of hydrogen-bond acceptors (Lipinski definition) is 2. The lowest BCUT2D eigenvalue weighted by Crippen LogP contribution is -2.17. The lowest BCUT2D eigenvalue weighted by molar-refractivity contribution is 0.668. The number of benzene rings is 9. The summed E-state index contributed by atoms with van der Waals surface area (Å²) in [5, 5.41) is 16.5. The molecule has 270 valence electrons. The summed E-state index contributed by atoms with van der Waals surface area (Å²) in [6, 6.07) is 66.6. The van der Waals surface area contributed by atoms with Crippen molar-refractivity contribution in [1.82, 2.24) is 0 Å². The van der Waals surface area contributed by atoms with Crippen LogP contribution >= 0.6 is 0 Å². The fourth-order valence-corrected chi connectivity index (χ4v) is 9.20. The molecule has 0 saturated heterocycles. The first-order valence-electron chi connectivity index (χ1n) is 19.6. The van der Waals surface area contributed by atoms with Gasteiger partial charge in [0.25, 0.3) is 0 Å². The molecule has 0 spiro atoms. The molecule has 0 bridgehead atoms. The van der Waals surface area contributed by atoms with E-state index in [0.717, 1.165) is 38.9 Å². The van der Waals surface area contributed by atoms with Crippen LogP contribution in [0.5, 0.6) is 0 Å². The Kier molecular flexibility index (Phi) is 8.34. The fraction of sp³-hybridized carbons (Fsp3) is 0.0545. The molecule has 0 unspecified atom stereocenters. The van der Waals surface area contributed by atoms with E-state index in [1.807, 2.05) is 42.6 Å². The summed E-state index contributed by atoms with van der Waals surface area (Å²) in [6.45, 7) is 4.77. The number of allylic oxidation sites excluding steroid dienone is 1. The average Bonchev–Trinajstić information content (AvgIpc) is 3.51. The van der Waals surface area contributed by atoms with Crippen LogP contribution < -0.4 is 0 Å². The van der Waals surface area contributed by atoms with Crippen molar-refractivity contribution in [2.75, 3.05) is 0 Å². The van der Waals surface area contributed by atoms with Crippen molar-refractivity contribution in [3.8, 4) is 33.4 Å². The normalized spacial score (nSPS) is 13.3. The SMILES string of the molecule is CC1(C)c2c(cccc2-c2ccc(C=N/C(=C\C(=N)c3ccccc3)c3ccccc3-c3cccc4ccccc34)c3ccccc23)-c2ccc3ccccc3c21. The highest BCUT2D eigenvalue weighted by molar-refractivity contribution is 6.13. The number of nitrogens with zero attached hydrogens (tertiary/aromatic N) is 1. The Morgan fingerprint density at radius 1 is 0.439 bits per heavy atom. The van der Waals surface area contributed by atoms with Crippen molar-refractivity contribution < 1.29 is 0 Å². The highest BCUT2D eigenvalue weighted by Crippen LogP contribution is 2.54. The summed E-state index contributed by atoms with van der Waals surface area (Å²) in [5.74, 6) is 0. The molecule has 1 N–H and O–H groups in total. The van der Waals surface area contributed by atoms with Gasteiger partial charge in [0.2, 0.25) is 0 Å². The maximum absolute atomic E-state index is 9.19. The first-order valence-corrected chi connectivity index (χ1v) is 19.6. The Hall–Kier alpha value is -7.16. The summed E-state index contributed by atoms with van der Waals surface area (Å²) in [5.41, 5.74) is 13.9. The minimum absolute atomic E-state index is 0.191. The standard InChI is InChI=1S/C55H40N2/c1-55(2)53-42-23-9-7-17-37(42)30-33-50(53)49-29-15-28-48(54(49)55)46-32-31-39(41-22-10-11-24-43(41)46)35-57-52(34-51(56)38-18-4-3-5-19-38)47-26-13-12-25-45(47)44-27-14-20-36-16-6-8-21-40(36)44/h3-35,56H,1-2H3/b52-34-,56-51?,57-35?. The molecular formula is C55H40N2. The lowest BCUT2D eigenvalue weighted by Gasteiger charge is -2.26. The lowest BCUT2D eigenvalue weighted by atomic mass is 9.77. The van der Waals surface area contributed by atoms with Crippen LogP contribution in [-0.4, -0.2) is 11.9 Å². The molecule has 0 amide bonds. The van der Waals surface area contributed by atoms with Crippen molar-refractivity contribution in [2.45, 2.75) is 19.3 Å². The molecule has 57 heavy (non-hydrogen) atoms. The monoisotopic (exact) mass is 728 g/mol. The molecule has 10 rings (SSSR count). The van der Waals surface area contributed by atoms with Gasteiger partial charge in [0.05, 0.1) is 11.4 Å². The van der Waals surface area contributed by atoms with Gasteiger partial charge in [-0.3, -0.25) is 4.99 Å². The van der Waals surface area contributed by atoms with Crippen LogP contribution in [0.1, 0.15) is 41.7 Å². The van der Waals surface area contributed by atoms with E-state index in [1.165, 1.54) is 60.3 Å².